The van der Waals surface area contributed by atoms with Crippen molar-refractivity contribution in [2.75, 3.05) is 5.32 Å². The van der Waals surface area contributed by atoms with Gasteiger partial charge in [0.2, 0.25) is 5.91 Å². The Balaban J connectivity index is 2.14. The largest absolute Gasteiger partial charge is 0.324 e. The van der Waals surface area contributed by atoms with Crippen LogP contribution in [0, 0.1) is 5.41 Å². The number of benzene rings is 1. The molecule has 1 aromatic carbocycles. The van der Waals surface area contributed by atoms with Crippen molar-refractivity contribution in [3.05, 3.63) is 48.7 Å². The van der Waals surface area contributed by atoms with Crippen molar-refractivity contribution < 1.29 is 4.79 Å². The van der Waals surface area contributed by atoms with E-state index in [1.807, 2.05) is 63.2 Å². The van der Waals surface area contributed by atoms with Crippen molar-refractivity contribution in [3.63, 3.8) is 0 Å². The van der Waals surface area contributed by atoms with E-state index in [0.29, 0.717) is 0 Å². The molecule has 1 N–H and O–H groups in total. The molecule has 98 valence electrons. The Morgan fingerprint density at radius 3 is 2.26 bits per heavy atom. The lowest BCUT2D eigenvalue weighted by atomic mass is 9.95. The van der Waals surface area contributed by atoms with Crippen LogP contribution in [0.5, 0.6) is 0 Å². The zero-order chi connectivity index (χ0) is 13.9. The molecule has 0 saturated heterocycles. The molecule has 0 bridgehead atoms. The smallest absolute Gasteiger partial charge is 0.229 e. The predicted octanol–water partition coefficient (Wildman–Crippen LogP) is 3.73. The summed E-state index contributed by atoms with van der Waals surface area (Å²) in [5.41, 5.74) is 2.28. The predicted molar refractivity (Wildman–Crippen MR) is 77.8 cm³/mol. The summed E-state index contributed by atoms with van der Waals surface area (Å²) < 4.78 is 0. The average molecular weight is 254 g/mol. The molecule has 0 aliphatic heterocycles. The molecule has 2 aromatic rings. The molecule has 0 spiro atoms. The van der Waals surface area contributed by atoms with E-state index in [2.05, 4.69) is 10.3 Å². The number of carbonyl (C=O) groups is 1. The zero-order valence-corrected chi connectivity index (χ0v) is 11.5. The van der Waals surface area contributed by atoms with Gasteiger partial charge in [0.05, 0.1) is 17.6 Å². The Labute approximate surface area is 113 Å². The number of carbonyl (C=O) groups excluding carboxylic acids is 1. The molecule has 19 heavy (non-hydrogen) atoms. The van der Waals surface area contributed by atoms with Crippen molar-refractivity contribution in [1.82, 2.24) is 4.98 Å². The first kappa shape index (κ1) is 13.3. The third kappa shape index (κ3) is 3.41. The van der Waals surface area contributed by atoms with Gasteiger partial charge in [-0.15, -0.1) is 0 Å². The van der Waals surface area contributed by atoms with Gasteiger partial charge in [-0.05, 0) is 12.1 Å². The molecule has 3 nitrogen and oxygen atoms in total. The molecule has 2 rings (SSSR count). The van der Waals surface area contributed by atoms with Crippen LogP contribution in [0.25, 0.3) is 11.3 Å². The summed E-state index contributed by atoms with van der Waals surface area (Å²) in [6.07, 6.45) is 1.69. The molecule has 0 aliphatic carbocycles. The normalized spacial score (nSPS) is 11.1. The highest BCUT2D eigenvalue weighted by molar-refractivity contribution is 5.94. The molecule has 0 fully saturated rings. The first-order chi connectivity index (χ1) is 8.97. The fourth-order valence-corrected chi connectivity index (χ4v) is 1.57. The molecule has 1 amide bonds. The molecular weight excluding hydrogens is 236 g/mol. The van der Waals surface area contributed by atoms with Crippen LogP contribution in [0.2, 0.25) is 0 Å². The molecule has 1 aromatic heterocycles. The molecule has 0 unspecified atom stereocenters. The van der Waals surface area contributed by atoms with Gasteiger partial charge in [0.15, 0.2) is 0 Å². The van der Waals surface area contributed by atoms with Crippen molar-refractivity contribution >= 4 is 11.6 Å². The second kappa shape index (κ2) is 5.22. The summed E-state index contributed by atoms with van der Waals surface area (Å²) in [5, 5.41) is 2.86. The maximum absolute atomic E-state index is 11.9. The third-order valence-electron chi connectivity index (χ3n) is 2.77. The van der Waals surface area contributed by atoms with Crippen LogP contribution in [0.3, 0.4) is 0 Å². The minimum Gasteiger partial charge on any atom is -0.324 e. The van der Waals surface area contributed by atoms with Crippen LogP contribution in [0.15, 0.2) is 48.7 Å². The molecule has 0 saturated carbocycles. The van der Waals surface area contributed by atoms with Gasteiger partial charge in [0.1, 0.15) is 0 Å². The number of anilines is 1. The van der Waals surface area contributed by atoms with Crippen molar-refractivity contribution in [3.8, 4) is 11.3 Å². The van der Waals surface area contributed by atoms with E-state index in [0.717, 1.165) is 16.9 Å². The van der Waals surface area contributed by atoms with E-state index in [1.165, 1.54) is 0 Å². The summed E-state index contributed by atoms with van der Waals surface area (Å²) in [5.74, 6) is -0.0123. The van der Waals surface area contributed by atoms with E-state index >= 15 is 0 Å². The summed E-state index contributed by atoms with van der Waals surface area (Å²) in [6.45, 7) is 5.65. The van der Waals surface area contributed by atoms with Crippen LogP contribution >= 0.6 is 0 Å². The lowest BCUT2D eigenvalue weighted by Gasteiger charge is -2.17. The number of nitrogens with one attached hydrogen (secondary N) is 1. The fraction of sp³-hybridized carbons (Fsp3) is 0.250. The Kier molecular flexibility index (Phi) is 3.65. The van der Waals surface area contributed by atoms with E-state index in [-0.39, 0.29) is 5.91 Å². The van der Waals surface area contributed by atoms with E-state index in [1.54, 1.807) is 6.20 Å². The van der Waals surface area contributed by atoms with Crippen LogP contribution < -0.4 is 5.32 Å². The maximum Gasteiger partial charge on any atom is 0.229 e. The molecule has 0 radical (unpaired) electrons. The number of nitrogens with zero attached hydrogens (tertiary/aromatic N) is 1. The van der Waals surface area contributed by atoms with Gasteiger partial charge < -0.3 is 5.32 Å². The summed E-state index contributed by atoms with van der Waals surface area (Å²) in [4.78, 5) is 16.2. The second-order valence-electron chi connectivity index (χ2n) is 5.50. The topological polar surface area (TPSA) is 42.0 Å². The second-order valence-corrected chi connectivity index (χ2v) is 5.50. The van der Waals surface area contributed by atoms with Gasteiger partial charge in [-0.1, -0.05) is 51.1 Å². The van der Waals surface area contributed by atoms with Crippen LogP contribution in [-0.4, -0.2) is 10.9 Å². The number of hydrogen-bond acceptors (Lipinski definition) is 2. The number of amides is 1. The minimum absolute atomic E-state index is 0.0123. The molecule has 0 atom stereocenters. The van der Waals surface area contributed by atoms with Crippen molar-refractivity contribution in [1.29, 1.82) is 0 Å². The van der Waals surface area contributed by atoms with E-state index < -0.39 is 5.41 Å². The van der Waals surface area contributed by atoms with Crippen molar-refractivity contribution in [2.24, 2.45) is 5.41 Å². The first-order valence-electron chi connectivity index (χ1n) is 6.30. The van der Waals surface area contributed by atoms with Crippen LogP contribution in [0.1, 0.15) is 20.8 Å². The highest BCUT2D eigenvalue weighted by Crippen LogP contribution is 2.20. The lowest BCUT2D eigenvalue weighted by Crippen LogP contribution is -2.27. The Morgan fingerprint density at radius 1 is 1.05 bits per heavy atom. The van der Waals surface area contributed by atoms with Gasteiger partial charge in [0.25, 0.3) is 0 Å². The highest BCUT2D eigenvalue weighted by Gasteiger charge is 2.21. The average Bonchev–Trinajstić information content (AvgIpc) is 2.39. The Bertz CT molecular complexity index is 554. The molecule has 0 aliphatic rings. The highest BCUT2D eigenvalue weighted by atomic mass is 16.2. The number of rotatable bonds is 2. The molecule has 3 heteroatoms. The fourth-order valence-electron chi connectivity index (χ4n) is 1.57. The van der Waals surface area contributed by atoms with E-state index in [4.69, 9.17) is 0 Å². The van der Waals surface area contributed by atoms with Gasteiger partial charge in [-0.3, -0.25) is 9.78 Å². The van der Waals surface area contributed by atoms with Crippen molar-refractivity contribution in [2.45, 2.75) is 20.8 Å². The maximum atomic E-state index is 11.9. The van der Waals surface area contributed by atoms with Gasteiger partial charge >= 0.3 is 0 Å². The zero-order valence-electron chi connectivity index (χ0n) is 11.5. The van der Waals surface area contributed by atoms with Gasteiger partial charge in [-0.25, -0.2) is 0 Å². The number of aromatic nitrogens is 1. The standard InChI is InChI=1S/C16H18N2O/c1-16(2,3)15(19)18-13-9-10-14(17-11-13)12-7-5-4-6-8-12/h4-11H,1-3H3,(H,18,19). The minimum atomic E-state index is -0.405. The number of pyridine rings is 1. The van der Waals surface area contributed by atoms with Gasteiger partial charge in [-0.2, -0.15) is 0 Å². The third-order valence-corrected chi connectivity index (χ3v) is 2.77. The monoisotopic (exact) mass is 254 g/mol. The Hall–Kier alpha value is -2.16. The SMILES string of the molecule is CC(C)(C)C(=O)Nc1ccc(-c2ccccc2)nc1. The Morgan fingerprint density at radius 2 is 1.74 bits per heavy atom. The van der Waals surface area contributed by atoms with E-state index in [9.17, 15) is 4.79 Å². The molecule has 1 heterocycles. The van der Waals surface area contributed by atoms with Crippen LogP contribution in [0.4, 0.5) is 5.69 Å². The summed E-state index contributed by atoms with van der Waals surface area (Å²) in [6, 6.07) is 13.7. The first-order valence-corrected chi connectivity index (χ1v) is 6.30. The molecular formula is C16H18N2O. The van der Waals surface area contributed by atoms with Gasteiger partial charge in [0, 0.05) is 11.0 Å². The quantitative estimate of drug-likeness (QED) is 0.887. The summed E-state index contributed by atoms with van der Waals surface area (Å²) in [7, 11) is 0. The number of hydrogen-bond donors (Lipinski definition) is 1. The summed E-state index contributed by atoms with van der Waals surface area (Å²) >= 11 is 0. The lowest BCUT2D eigenvalue weighted by molar-refractivity contribution is -0.123. The van der Waals surface area contributed by atoms with Crippen LogP contribution in [-0.2, 0) is 4.79 Å².